The van der Waals surface area contributed by atoms with Crippen LogP contribution in [0.25, 0.3) is 0 Å². The first-order valence-electron chi connectivity index (χ1n) is 8.88. The smallest absolute Gasteiger partial charge is 0.0874 e. The van der Waals surface area contributed by atoms with Crippen molar-refractivity contribution in [3.05, 3.63) is 5.21 Å². The summed E-state index contributed by atoms with van der Waals surface area (Å²) < 4.78 is 0. The second-order valence-corrected chi connectivity index (χ2v) is 7.84. The van der Waals surface area contributed by atoms with Crippen LogP contribution in [0.1, 0.15) is 58.3 Å². The minimum atomic E-state index is 0.409. The van der Waals surface area contributed by atoms with Crippen molar-refractivity contribution in [3.63, 3.8) is 0 Å². The van der Waals surface area contributed by atoms with Gasteiger partial charge in [-0.3, -0.25) is 0 Å². The number of hydrogen-bond acceptors (Lipinski definition) is 2. The van der Waals surface area contributed by atoms with Gasteiger partial charge in [0.2, 0.25) is 0 Å². The van der Waals surface area contributed by atoms with Crippen molar-refractivity contribution >= 4 is 0 Å². The van der Waals surface area contributed by atoms with Gasteiger partial charge in [-0.2, -0.15) is 0 Å². The number of piperidine rings is 2. The van der Waals surface area contributed by atoms with Gasteiger partial charge in [-0.1, -0.05) is 6.92 Å². The fraction of sp³-hybridized carbons (Fsp3) is 1.00. The first kappa shape index (κ1) is 14.8. The zero-order valence-corrected chi connectivity index (χ0v) is 13.3. The highest BCUT2D eigenvalue weighted by Gasteiger charge is 2.41. The molecule has 2 heterocycles. The third-order valence-corrected chi connectivity index (χ3v) is 6.33. The third-order valence-electron chi connectivity index (χ3n) is 6.33. The Morgan fingerprint density at radius 3 is 2.80 bits per heavy atom. The highest BCUT2D eigenvalue weighted by atomic mass is 16.5. The second kappa shape index (κ2) is 6.33. The van der Waals surface area contributed by atoms with Gasteiger partial charge in [0.25, 0.3) is 0 Å². The lowest BCUT2D eigenvalue weighted by Crippen LogP contribution is -3.12. The number of rotatable bonds is 2. The molecular weight excluding hydrogens is 248 g/mol. The molecule has 3 aliphatic rings. The van der Waals surface area contributed by atoms with Crippen LogP contribution in [0.5, 0.6) is 0 Å². The zero-order valence-electron chi connectivity index (χ0n) is 13.3. The van der Waals surface area contributed by atoms with E-state index >= 15 is 0 Å². The van der Waals surface area contributed by atoms with Gasteiger partial charge in [-0.05, 0) is 76.3 Å². The Bertz CT molecular complexity index is 322. The topological polar surface area (TPSA) is 30.7 Å². The van der Waals surface area contributed by atoms with Gasteiger partial charge in [0, 0.05) is 12.5 Å². The first-order chi connectivity index (χ1) is 9.65. The number of hydrogen-bond donors (Lipinski definition) is 1. The van der Waals surface area contributed by atoms with Crippen molar-refractivity contribution in [3.8, 4) is 0 Å². The van der Waals surface area contributed by atoms with E-state index in [2.05, 4.69) is 18.9 Å². The van der Waals surface area contributed by atoms with E-state index in [0.29, 0.717) is 11.1 Å². The van der Waals surface area contributed by atoms with E-state index in [9.17, 15) is 5.21 Å². The summed E-state index contributed by atoms with van der Waals surface area (Å²) in [6.07, 6.45) is 10.3. The van der Waals surface area contributed by atoms with Crippen LogP contribution in [0.4, 0.5) is 0 Å². The van der Waals surface area contributed by atoms with E-state index in [1.54, 1.807) is 0 Å². The van der Waals surface area contributed by atoms with Crippen LogP contribution < -0.4 is 5.06 Å². The molecule has 0 amide bonds. The summed E-state index contributed by atoms with van der Waals surface area (Å²) >= 11 is 0. The maximum Gasteiger partial charge on any atom is 0.0874 e. The third kappa shape index (κ3) is 3.05. The predicted molar refractivity (Wildman–Crippen MR) is 82.5 cm³/mol. The SMILES string of the molecule is C[C@H]1C[C@@H](CC2CCCC[NH+]2[O-])[C@@H]2CCCN(C)[C@H]2C1. The lowest BCUT2D eigenvalue weighted by Gasteiger charge is -2.50. The molecule has 0 aromatic carbocycles. The summed E-state index contributed by atoms with van der Waals surface area (Å²) in [7, 11) is 2.32. The van der Waals surface area contributed by atoms with Gasteiger partial charge in [-0.25, -0.2) is 0 Å². The number of likely N-dealkylation sites (tertiary alicyclic amines) is 1. The summed E-state index contributed by atoms with van der Waals surface area (Å²) in [5, 5.41) is 12.7. The van der Waals surface area contributed by atoms with E-state index in [1.807, 2.05) is 0 Å². The van der Waals surface area contributed by atoms with Crippen LogP contribution in [0.2, 0.25) is 0 Å². The van der Waals surface area contributed by atoms with Gasteiger partial charge in [0.1, 0.15) is 0 Å². The van der Waals surface area contributed by atoms with Crippen molar-refractivity contribution in [1.82, 2.24) is 4.90 Å². The Labute approximate surface area is 124 Å². The molecule has 2 aliphatic heterocycles. The number of fused-ring (bicyclic) bond motifs is 1. The Kier molecular flexibility index (Phi) is 4.68. The molecule has 1 saturated carbocycles. The van der Waals surface area contributed by atoms with Crippen LogP contribution in [-0.4, -0.2) is 37.1 Å². The average Bonchev–Trinajstić information content (AvgIpc) is 2.42. The van der Waals surface area contributed by atoms with Crippen molar-refractivity contribution in [1.29, 1.82) is 0 Å². The number of quaternary nitrogens is 1. The fourth-order valence-electron chi connectivity index (χ4n) is 5.31. The van der Waals surface area contributed by atoms with E-state index in [-0.39, 0.29) is 0 Å². The molecule has 0 aromatic heterocycles. The van der Waals surface area contributed by atoms with Crippen LogP contribution in [0.15, 0.2) is 0 Å². The Balaban J connectivity index is 1.67. The predicted octanol–water partition coefficient (Wildman–Crippen LogP) is 2.07. The van der Waals surface area contributed by atoms with Crippen LogP contribution in [-0.2, 0) is 0 Å². The molecule has 0 aromatic rings. The summed E-state index contributed by atoms with van der Waals surface area (Å²) in [5.41, 5.74) is 0. The largest absolute Gasteiger partial charge is 0.634 e. The van der Waals surface area contributed by atoms with Crippen LogP contribution in [0, 0.1) is 23.0 Å². The van der Waals surface area contributed by atoms with E-state index in [0.717, 1.165) is 36.8 Å². The van der Waals surface area contributed by atoms with Gasteiger partial charge in [0.15, 0.2) is 0 Å². The van der Waals surface area contributed by atoms with Gasteiger partial charge in [0.05, 0.1) is 12.6 Å². The molecule has 2 saturated heterocycles. The summed E-state index contributed by atoms with van der Waals surface area (Å²) in [6, 6.07) is 1.21. The summed E-state index contributed by atoms with van der Waals surface area (Å²) in [5.74, 6) is 2.54. The Morgan fingerprint density at radius 1 is 1.15 bits per heavy atom. The van der Waals surface area contributed by atoms with Gasteiger partial charge in [-0.15, -0.1) is 0 Å². The molecule has 1 aliphatic carbocycles. The average molecular weight is 280 g/mol. The molecule has 20 heavy (non-hydrogen) atoms. The maximum absolute atomic E-state index is 12.2. The summed E-state index contributed by atoms with van der Waals surface area (Å²) in [4.78, 5) is 2.61. The normalized spacial score (nSPS) is 47.0. The molecule has 0 spiro atoms. The van der Waals surface area contributed by atoms with Crippen molar-refractivity contribution in [2.75, 3.05) is 20.1 Å². The molecule has 6 atom stereocenters. The molecule has 3 rings (SSSR count). The van der Waals surface area contributed by atoms with Crippen molar-refractivity contribution in [2.45, 2.75) is 70.4 Å². The number of nitrogens with one attached hydrogen (secondary N) is 1. The van der Waals surface area contributed by atoms with E-state index < -0.39 is 0 Å². The highest BCUT2D eigenvalue weighted by molar-refractivity contribution is 4.93. The molecule has 3 heteroatoms. The standard InChI is InChI=1S/C17H32N2O/c1-13-10-14(12-15-6-3-4-9-19(15)20)16-7-5-8-18(2)17(16)11-13/h13-17,19H,3-12H2,1-2H3/t13-,14-,15?,16-,17-/m0/s1. The molecule has 3 nitrogen and oxygen atoms in total. The monoisotopic (exact) mass is 280 g/mol. The van der Waals surface area contributed by atoms with E-state index in [4.69, 9.17) is 0 Å². The summed E-state index contributed by atoms with van der Waals surface area (Å²) in [6.45, 7) is 4.57. The highest BCUT2D eigenvalue weighted by Crippen LogP contribution is 2.43. The molecule has 116 valence electrons. The lowest BCUT2D eigenvalue weighted by molar-refractivity contribution is -0.882. The second-order valence-electron chi connectivity index (χ2n) is 7.84. The zero-order chi connectivity index (χ0) is 14.1. The Hall–Kier alpha value is -0.120. The van der Waals surface area contributed by atoms with Crippen LogP contribution >= 0.6 is 0 Å². The maximum atomic E-state index is 12.2. The van der Waals surface area contributed by atoms with Gasteiger partial charge < -0.3 is 15.2 Å². The minimum absolute atomic E-state index is 0.409. The lowest BCUT2D eigenvalue weighted by atomic mass is 9.66. The quantitative estimate of drug-likeness (QED) is 0.785. The number of hydroxylamine groups is 2. The molecular formula is C17H32N2O. The molecule has 0 radical (unpaired) electrons. The van der Waals surface area contributed by atoms with Crippen LogP contribution in [0.3, 0.4) is 0 Å². The van der Waals surface area contributed by atoms with Crippen molar-refractivity contribution in [2.24, 2.45) is 17.8 Å². The first-order valence-corrected chi connectivity index (χ1v) is 8.88. The van der Waals surface area contributed by atoms with E-state index in [1.165, 1.54) is 51.5 Å². The molecule has 2 unspecified atom stereocenters. The fourth-order valence-corrected chi connectivity index (χ4v) is 5.31. The number of nitrogens with zero attached hydrogens (tertiary/aromatic N) is 1. The minimum Gasteiger partial charge on any atom is -0.634 e. The van der Waals surface area contributed by atoms with Gasteiger partial charge >= 0.3 is 0 Å². The van der Waals surface area contributed by atoms with Crippen molar-refractivity contribution < 1.29 is 5.06 Å². The molecule has 0 bridgehead atoms. The molecule has 3 fully saturated rings. The molecule has 1 N–H and O–H groups in total. The Morgan fingerprint density at radius 2 is 2.00 bits per heavy atom.